The van der Waals surface area contributed by atoms with Gasteiger partial charge in [-0.1, -0.05) is 36.4 Å². The fraction of sp³-hybridized carbons (Fsp3) is 0.235. The van der Waals surface area contributed by atoms with Crippen molar-refractivity contribution < 1.29 is 19.7 Å². The normalized spacial score (nSPS) is 18.2. The first kappa shape index (κ1) is 14.9. The Labute approximate surface area is 123 Å². The van der Waals surface area contributed by atoms with Crippen LogP contribution in [0, 0.1) is 5.92 Å². The minimum absolute atomic E-state index is 0.00541. The van der Waals surface area contributed by atoms with E-state index in [-0.39, 0.29) is 17.4 Å². The smallest absolute Gasteiger partial charge is 0.330 e. The van der Waals surface area contributed by atoms with E-state index in [2.05, 4.69) is 0 Å². The molecule has 2 N–H and O–H groups in total. The molecule has 4 heteroatoms. The zero-order valence-corrected chi connectivity index (χ0v) is 11.6. The van der Waals surface area contributed by atoms with Crippen molar-refractivity contribution in [2.24, 2.45) is 5.92 Å². The summed E-state index contributed by atoms with van der Waals surface area (Å²) >= 11 is 0. The Balaban J connectivity index is 1.75. The minimum atomic E-state index is -0.423. The zero-order valence-electron chi connectivity index (χ0n) is 11.6. The summed E-state index contributed by atoms with van der Waals surface area (Å²) < 4.78 is 5.10. The van der Waals surface area contributed by atoms with E-state index >= 15 is 0 Å². The molecule has 0 saturated heterocycles. The first-order chi connectivity index (χ1) is 10.1. The number of benzene rings is 1. The van der Waals surface area contributed by atoms with Gasteiger partial charge in [-0.15, -0.1) is 0 Å². The number of aliphatic hydroxyl groups excluding tert-OH is 2. The topological polar surface area (TPSA) is 66.8 Å². The molecule has 0 saturated carbocycles. The number of ether oxygens (including phenoxy) is 1. The summed E-state index contributed by atoms with van der Waals surface area (Å²) in [6.07, 6.45) is 6.87. The lowest BCUT2D eigenvalue weighted by Gasteiger charge is -2.12. The molecule has 21 heavy (non-hydrogen) atoms. The second kappa shape index (κ2) is 7.33. The van der Waals surface area contributed by atoms with Crippen molar-refractivity contribution in [1.82, 2.24) is 0 Å². The largest absolute Gasteiger partial charge is 0.512 e. The SMILES string of the molecule is O=C(C=CC1C=C(O)C=C(O)C1)OCCc1ccccc1. The molecule has 1 aliphatic rings. The number of carbonyl (C=O) groups is 1. The van der Waals surface area contributed by atoms with Crippen LogP contribution < -0.4 is 0 Å². The lowest BCUT2D eigenvalue weighted by atomic mass is 9.98. The molecule has 1 aromatic rings. The van der Waals surface area contributed by atoms with Gasteiger partial charge in [0.25, 0.3) is 0 Å². The van der Waals surface area contributed by atoms with Crippen molar-refractivity contribution in [1.29, 1.82) is 0 Å². The predicted octanol–water partition coefficient (Wildman–Crippen LogP) is 3.23. The number of allylic oxidation sites excluding steroid dienone is 4. The van der Waals surface area contributed by atoms with Gasteiger partial charge in [0, 0.05) is 30.9 Å². The van der Waals surface area contributed by atoms with Gasteiger partial charge in [0.1, 0.15) is 5.76 Å². The first-order valence-electron chi connectivity index (χ1n) is 6.82. The van der Waals surface area contributed by atoms with Crippen molar-refractivity contribution in [2.45, 2.75) is 12.8 Å². The molecular weight excluding hydrogens is 268 g/mol. The number of rotatable bonds is 5. The van der Waals surface area contributed by atoms with Gasteiger partial charge >= 0.3 is 5.97 Å². The molecule has 1 atom stereocenters. The van der Waals surface area contributed by atoms with Crippen LogP contribution in [0.5, 0.6) is 0 Å². The zero-order chi connectivity index (χ0) is 15.1. The maximum Gasteiger partial charge on any atom is 0.330 e. The summed E-state index contributed by atoms with van der Waals surface area (Å²) in [5, 5.41) is 18.8. The molecular formula is C17H18O4. The number of hydrogen-bond donors (Lipinski definition) is 2. The average molecular weight is 286 g/mol. The third kappa shape index (κ3) is 5.18. The highest BCUT2D eigenvalue weighted by atomic mass is 16.5. The molecule has 0 fully saturated rings. The lowest BCUT2D eigenvalue weighted by Crippen LogP contribution is -2.07. The van der Waals surface area contributed by atoms with Crippen LogP contribution in [0.2, 0.25) is 0 Å². The van der Waals surface area contributed by atoms with Crippen LogP contribution in [0.3, 0.4) is 0 Å². The number of carbonyl (C=O) groups excluding carboxylic acids is 1. The Bertz CT molecular complexity index is 570. The quantitative estimate of drug-likeness (QED) is 0.644. The summed E-state index contributed by atoms with van der Waals surface area (Å²) in [7, 11) is 0. The molecule has 0 aliphatic heterocycles. The maximum atomic E-state index is 11.6. The van der Waals surface area contributed by atoms with Gasteiger partial charge in [0.15, 0.2) is 0 Å². The van der Waals surface area contributed by atoms with E-state index in [1.54, 1.807) is 12.2 Å². The fourth-order valence-corrected chi connectivity index (χ4v) is 2.09. The molecule has 0 spiro atoms. The summed E-state index contributed by atoms with van der Waals surface area (Å²) in [5.74, 6) is -0.516. The van der Waals surface area contributed by atoms with Gasteiger partial charge in [0.2, 0.25) is 0 Å². The Hall–Kier alpha value is -2.49. The number of hydrogen-bond acceptors (Lipinski definition) is 4. The van der Waals surface area contributed by atoms with E-state index in [0.29, 0.717) is 19.4 Å². The highest BCUT2D eigenvalue weighted by Gasteiger charge is 2.12. The molecule has 4 nitrogen and oxygen atoms in total. The Morgan fingerprint density at radius 2 is 2.05 bits per heavy atom. The molecule has 1 unspecified atom stereocenters. The van der Waals surface area contributed by atoms with Crippen molar-refractivity contribution in [3.8, 4) is 0 Å². The van der Waals surface area contributed by atoms with Crippen LogP contribution in [0.15, 0.2) is 66.2 Å². The first-order valence-corrected chi connectivity index (χ1v) is 6.82. The maximum absolute atomic E-state index is 11.6. The highest BCUT2D eigenvalue weighted by Crippen LogP contribution is 2.20. The van der Waals surface area contributed by atoms with E-state index in [4.69, 9.17) is 4.74 Å². The lowest BCUT2D eigenvalue weighted by molar-refractivity contribution is -0.137. The Kier molecular flexibility index (Phi) is 5.21. The van der Waals surface area contributed by atoms with Gasteiger partial charge in [-0.05, 0) is 11.6 Å². The van der Waals surface area contributed by atoms with Crippen molar-refractivity contribution in [3.05, 3.63) is 71.7 Å². The van der Waals surface area contributed by atoms with Crippen LogP contribution >= 0.6 is 0 Å². The summed E-state index contributed by atoms with van der Waals surface area (Å²) in [6.45, 7) is 0.324. The monoisotopic (exact) mass is 286 g/mol. The van der Waals surface area contributed by atoms with E-state index in [1.165, 1.54) is 12.2 Å². The molecule has 110 valence electrons. The van der Waals surface area contributed by atoms with E-state index in [9.17, 15) is 15.0 Å². The molecule has 0 radical (unpaired) electrons. The van der Waals surface area contributed by atoms with E-state index < -0.39 is 5.97 Å². The highest BCUT2D eigenvalue weighted by molar-refractivity contribution is 5.82. The van der Waals surface area contributed by atoms with Crippen LogP contribution in [0.4, 0.5) is 0 Å². The van der Waals surface area contributed by atoms with Crippen molar-refractivity contribution in [3.63, 3.8) is 0 Å². The van der Waals surface area contributed by atoms with Gasteiger partial charge in [-0.2, -0.15) is 0 Å². The fourth-order valence-electron chi connectivity index (χ4n) is 2.09. The summed E-state index contributed by atoms with van der Waals surface area (Å²) in [5.41, 5.74) is 1.12. The minimum Gasteiger partial charge on any atom is -0.512 e. The van der Waals surface area contributed by atoms with Crippen LogP contribution in [0.25, 0.3) is 0 Å². The van der Waals surface area contributed by atoms with Gasteiger partial charge in [-0.3, -0.25) is 0 Å². The molecule has 1 aliphatic carbocycles. The molecule has 0 amide bonds. The molecule has 0 aromatic heterocycles. The Morgan fingerprint density at radius 3 is 2.76 bits per heavy atom. The Morgan fingerprint density at radius 1 is 1.29 bits per heavy atom. The van der Waals surface area contributed by atoms with E-state index in [1.807, 2.05) is 30.3 Å². The van der Waals surface area contributed by atoms with Gasteiger partial charge < -0.3 is 14.9 Å². The third-order valence-corrected chi connectivity index (χ3v) is 3.10. The molecule has 0 heterocycles. The average Bonchev–Trinajstić information content (AvgIpc) is 2.45. The second-order valence-electron chi connectivity index (χ2n) is 4.86. The van der Waals surface area contributed by atoms with Gasteiger partial charge in [-0.25, -0.2) is 4.79 Å². The molecule has 1 aromatic carbocycles. The predicted molar refractivity (Wildman–Crippen MR) is 79.8 cm³/mol. The summed E-state index contributed by atoms with van der Waals surface area (Å²) in [6, 6.07) is 9.79. The second-order valence-corrected chi connectivity index (χ2v) is 4.86. The van der Waals surface area contributed by atoms with Crippen molar-refractivity contribution in [2.75, 3.05) is 6.61 Å². The van der Waals surface area contributed by atoms with Gasteiger partial charge in [0.05, 0.1) is 12.4 Å². The molecule has 0 bridgehead atoms. The van der Waals surface area contributed by atoms with Crippen molar-refractivity contribution >= 4 is 5.97 Å². The third-order valence-electron chi connectivity index (χ3n) is 3.10. The van der Waals surface area contributed by atoms with Crippen LogP contribution in [-0.2, 0) is 16.0 Å². The number of aliphatic hydroxyl groups is 2. The van der Waals surface area contributed by atoms with Crippen LogP contribution in [-0.4, -0.2) is 22.8 Å². The molecule has 2 rings (SSSR count). The number of esters is 1. The standard InChI is InChI=1S/C17H18O4/c18-15-10-14(11-16(19)12-15)6-7-17(20)21-9-8-13-4-2-1-3-5-13/h1-7,10,12,14,18-19H,8-9,11H2. The van der Waals surface area contributed by atoms with E-state index in [0.717, 1.165) is 5.56 Å². The summed E-state index contributed by atoms with van der Waals surface area (Å²) in [4.78, 5) is 11.6. The van der Waals surface area contributed by atoms with Crippen LogP contribution in [0.1, 0.15) is 12.0 Å².